The van der Waals surface area contributed by atoms with Crippen molar-refractivity contribution in [3.8, 4) is 0 Å². The Balaban J connectivity index is 5.28. The molecule has 6 atom stereocenters. The molecule has 0 bridgehead atoms. The molecule has 0 heterocycles. The van der Waals surface area contributed by atoms with Crippen molar-refractivity contribution in [3.05, 3.63) is 0 Å². The fraction of sp³-hybridized carbons (Fsp3) is 0.948. The summed E-state index contributed by atoms with van der Waals surface area (Å²) in [5.74, 6) is 0.246. The number of hydrogen-bond acceptors (Lipinski definition) is 15. The Morgan fingerprint density at radius 3 is 0.792 bits per heavy atom. The van der Waals surface area contributed by atoms with Crippen molar-refractivity contribution in [2.45, 2.75) is 414 Å². The van der Waals surface area contributed by atoms with Gasteiger partial charge in [0.1, 0.15) is 19.3 Å². The maximum absolute atomic E-state index is 13.1. The minimum Gasteiger partial charge on any atom is -0.462 e. The minimum atomic E-state index is -4.96. The summed E-state index contributed by atoms with van der Waals surface area (Å²) >= 11 is 0. The first-order valence-corrected chi connectivity index (χ1v) is 42.9. The molecule has 0 rings (SSSR count). The maximum Gasteiger partial charge on any atom is 0.472 e. The van der Waals surface area contributed by atoms with E-state index in [-0.39, 0.29) is 25.7 Å². The second kappa shape index (κ2) is 67.5. The first-order chi connectivity index (χ1) is 46.3. The quantitative estimate of drug-likeness (QED) is 0.0222. The van der Waals surface area contributed by atoms with Crippen LogP contribution in [0.3, 0.4) is 0 Å². The highest BCUT2D eigenvalue weighted by molar-refractivity contribution is 7.47. The Labute approximate surface area is 588 Å². The van der Waals surface area contributed by atoms with E-state index in [1.165, 1.54) is 205 Å². The number of ether oxygens (including phenoxy) is 4. The molecular weight excluding hydrogens is 1260 g/mol. The van der Waals surface area contributed by atoms with E-state index in [4.69, 9.17) is 37.0 Å². The van der Waals surface area contributed by atoms with E-state index in [0.717, 1.165) is 108 Å². The van der Waals surface area contributed by atoms with Crippen LogP contribution in [0.2, 0.25) is 0 Å². The van der Waals surface area contributed by atoms with Crippen LogP contribution in [0.25, 0.3) is 0 Å². The third-order valence-corrected chi connectivity index (χ3v) is 20.1. The van der Waals surface area contributed by atoms with E-state index in [1.54, 1.807) is 0 Å². The topological polar surface area (TPSA) is 237 Å². The number of esters is 4. The second-order valence-electron chi connectivity index (χ2n) is 28.9. The molecule has 19 heteroatoms. The number of rotatable bonds is 75. The van der Waals surface area contributed by atoms with Gasteiger partial charge in [-0.25, -0.2) is 9.13 Å². The zero-order valence-corrected chi connectivity index (χ0v) is 64.6. The smallest absolute Gasteiger partial charge is 0.462 e. The molecule has 570 valence electrons. The van der Waals surface area contributed by atoms with E-state index >= 15 is 0 Å². The van der Waals surface area contributed by atoms with Crippen molar-refractivity contribution in [2.75, 3.05) is 39.6 Å². The Morgan fingerprint density at radius 2 is 0.531 bits per heavy atom. The summed E-state index contributed by atoms with van der Waals surface area (Å²) in [6.45, 7) is 12.0. The number of aliphatic hydroxyl groups excluding tert-OH is 1. The minimum absolute atomic E-state index is 0.106. The predicted octanol–water partition coefficient (Wildman–Crippen LogP) is 22.6. The molecule has 0 aliphatic rings. The molecular formula is C77H150O17P2. The van der Waals surface area contributed by atoms with Gasteiger partial charge < -0.3 is 33.8 Å². The largest absolute Gasteiger partial charge is 0.472 e. The van der Waals surface area contributed by atoms with Crippen LogP contribution in [-0.2, 0) is 65.4 Å². The number of phosphoric acid groups is 2. The molecule has 0 fully saturated rings. The summed E-state index contributed by atoms with van der Waals surface area (Å²) < 4.78 is 68.6. The average molecular weight is 1410 g/mol. The second-order valence-corrected chi connectivity index (χ2v) is 31.8. The zero-order valence-electron chi connectivity index (χ0n) is 62.8. The molecule has 0 saturated heterocycles. The molecule has 0 aromatic carbocycles. The van der Waals surface area contributed by atoms with Gasteiger partial charge in [0, 0.05) is 25.7 Å². The van der Waals surface area contributed by atoms with Crippen LogP contribution in [0.1, 0.15) is 395 Å². The molecule has 0 spiro atoms. The molecule has 0 aliphatic heterocycles. The number of carbonyl (C=O) groups is 4. The number of aliphatic hydroxyl groups is 1. The Kier molecular flexibility index (Phi) is 66.2. The number of unbranched alkanes of at least 4 members (excludes halogenated alkanes) is 42. The summed E-state index contributed by atoms with van der Waals surface area (Å²) in [6.07, 6.45) is 53.8. The Hall–Kier alpha value is -1.94. The van der Waals surface area contributed by atoms with Gasteiger partial charge >= 0.3 is 39.5 Å². The first-order valence-electron chi connectivity index (χ1n) is 39.9. The van der Waals surface area contributed by atoms with Crippen molar-refractivity contribution in [2.24, 2.45) is 17.8 Å². The van der Waals surface area contributed by atoms with E-state index < -0.39 is 97.5 Å². The van der Waals surface area contributed by atoms with Gasteiger partial charge in [0.2, 0.25) is 0 Å². The van der Waals surface area contributed by atoms with Gasteiger partial charge in [0.05, 0.1) is 26.4 Å². The summed E-state index contributed by atoms with van der Waals surface area (Å²) in [4.78, 5) is 72.9. The van der Waals surface area contributed by atoms with Crippen molar-refractivity contribution < 1.29 is 80.2 Å². The number of phosphoric ester groups is 2. The summed E-state index contributed by atoms with van der Waals surface area (Å²) in [5, 5.41) is 10.6. The van der Waals surface area contributed by atoms with Gasteiger partial charge in [-0.15, -0.1) is 0 Å². The Morgan fingerprint density at radius 1 is 0.302 bits per heavy atom. The third kappa shape index (κ3) is 69.2. The maximum atomic E-state index is 13.1. The van der Waals surface area contributed by atoms with Crippen LogP contribution in [0.4, 0.5) is 0 Å². The lowest BCUT2D eigenvalue weighted by atomic mass is 9.99. The molecule has 0 saturated carbocycles. The van der Waals surface area contributed by atoms with Crippen molar-refractivity contribution in [1.82, 2.24) is 0 Å². The Bertz CT molecular complexity index is 1870. The molecule has 3 N–H and O–H groups in total. The van der Waals surface area contributed by atoms with Gasteiger partial charge in [0.25, 0.3) is 0 Å². The fourth-order valence-electron chi connectivity index (χ4n) is 11.7. The van der Waals surface area contributed by atoms with Crippen LogP contribution >= 0.6 is 15.6 Å². The van der Waals surface area contributed by atoms with Crippen LogP contribution in [0, 0.1) is 17.8 Å². The van der Waals surface area contributed by atoms with E-state index in [1.807, 2.05) is 0 Å². The van der Waals surface area contributed by atoms with Crippen LogP contribution in [0.15, 0.2) is 0 Å². The summed E-state index contributed by atoms with van der Waals surface area (Å²) in [7, 11) is -9.92. The highest BCUT2D eigenvalue weighted by atomic mass is 31.2. The highest BCUT2D eigenvalue weighted by Crippen LogP contribution is 2.45. The van der Waals surface area contributed by atoms with Gasteiger partial charge in [-0.05, 0) is 43.4 Å². The van der Waals surface area contributed by atoms with Crippen LogP contribution in [-0.4, -0.2) is 96.7 Å². The molecule has 0 radical (unpaired) electrons. The normalized spacial score (nSPS) is 14.3. The standard InChI is InChI=1S/C77H150O17P2/c1-8-10-11-12-13-14-15-22-30-37-44-51-58-74(79)87-65-73(94-77(82)61-54-47-40-33-26-25-29-36-43-50-57-70(7)9-2)67-92-96(85,86)90-63-71(78)62-89-95(83,84)91-66-72(64-88-75(80)59-52-45-38-31-24-19-21-28-35-42-49-56-69(5)6)93-76(81)60-53-46-39-32-23-18-16-17-20-27-34-41-48-55-68(3)4/h68-73,78H,8-67H2,1-7H3,(H,83,84)(H,85,86)/t70?,71-,72-,73-/m1/s1. The van der Waals surface area contributed by atoms with Crippen molar-refractivity contribution in [1.29, 1.82) is 0 Å². The molecule has 0 amide bonds. The third-order valence-electron chi connectivity index (χ3n) is 18.2. The van der Waals surface area contributed by atoms with Gasteiger partial charge in [-0.2, -0.15) is 0 Å². The van der Waals surface area contributed by atoms with Crippen molar-refractivity contribution >= 4 is 39.5 Å². The van der Waals surface area contributed by atoms with Crippen LogP contribution < -0.4 is 0 Å². The number of hydrogen-bond donors (Lipinski definition) is 3. The fourth-order valence-corrected chi connectivity index (χ4v) is 13.3. The molecule has 0 aliphatic carbocycles. The van der Waals surface area contributed by atoms with E-state index in [0.29, 0.717) is 25.7 Å². The highest BCUT2D eigenvalue weighted by Gasteiger charge is 2.30. The van der Waals surface area contributed by atoms with Crippen LogP contribution in [0.5, 0.6) is 0 Å². The predicted molar refractivity (Wildman–Crippen MR) is 391 cm³/mol. The molecule has 0 aromatic heterocycles. The van der Waals surface area contributed by atoms with Gasteiger partial charge in [-0.3, -0.25) is 37.3 Å². The summed E-state index contributed by atoms with van der Waals surface area (Å²) in [5.41, 5.74) is 0. The molecule has 0 aromatic rings. The lowest BCUT2D eigenvalue weighted by Gasteiger charge is -2.21. The lowest BCUT2D eigenvalue weighted by molar-refractivity contribution is -0.161. The molecule has 17 nitrogen and oxygen atoms in total. The lowest BCUT2D eigenvalue weighted by Crippen LogP contribution is -2.30. The average Bonchev–Trinajstić information content (AvgIpc) is 2.05. The zero-order chi connectivity index (χ0) is 70.9. The number of carbonyl (C=O) groups excluding carboxylic acids is 4. The van der Waals surface area contributed by atoms with Crippen molar-refractivity contribution in [3.63, 3.8) is 0 Å². The first kappa shape index (κ1) is 94.1. The monoisotopic (exact) mass is 1410 g/mol. The van der Waals surface area contributed by atoms with E-state index in [2.05, 4.69) is 48.5 Å². The van der Waals surface area contributed by atoms with Gasteiger partial charge in [-0.1, -0.05) is 344 Å². The summed E-state index contributed by atoms with van der Waals surface area (Å²) in [6, 6.07) is 0. The van der Waals surface area contributed by atoms with Gasteiger partial charge in [0.15, 0.2) is 12.2 Å². The van der Waals surface area contributed by atoms with E-state index in [9.17, 15) is 43.2 Å². The SMILES string of the molecule is CCCCCCCCCCCCCCC(=O)OC[C@H](COP(=O)(O)OC[C@H](O)COP(=O)(O)OC[C@@H](COC(=O)CCCCCCCCCCCCCC(C)C)OC(=O)CCCCCCCCCCCCCCCC(C)C)OC(=O)CCCCCCCCCCCCC(C)CC. The molecule has 3 unspecified atom stereocenters. The molecule has 96 heavy (non-hydrogen) atoms.